The van der Waals surface area contributed by atoms with Gasteiger partial charge in [0.05, 0.1) is 34.1 Å². The van der Waals surface area contributed by atoms with Crippen molar-refractivity contribution in [2.75, 3.05) is 66.8 Å². The molecule has 1 saturated heterocycles. The number of carbonyl (C=O) groups excluding carboxylic acids is 2. The van der Waals surface area contributed by atoms with E-state index in [1.807, 2.05) is 38.1 Å². The Morgan fingerprint density at radius 2 is 1.46 bits per heavy atom. The number of carbonyl (C=O) groups is 2. The van der Waals surface area contributed by atoms with Crippen molar-refractivity contribution in [3.63, 3.8) is 0 Å². The van der Waals surface area contributed by atoms with Crippen molar-refractivity contribution in [1.29, 1.82) is 0 Å². The van der Waals surface area contributed by atoms with Crippen molar-refractivity contribution in [2.45, 2.75) is 13.8 Å². The Morgan fingerprint density at radius 1 is 0.846 bits per heavy atom. The number of urea groups is 1. The number of hydrogen-bond donors (Lipinski definition) is 2. The lowest BCUT2D eigenvalue weighted by Crippen LogP contribution is -2.47. The molecule has 0 aliphatic carbocycles. The van der Waals surface area contributed by atoms with E-state index in [9.17, 15) is 9.59 Å². The molecule has 206 valence electrons. The molecule has 3 aromatic rings. The minimum Gasteiger partial charge on any atom is -0.495 e. The molecular formula is C29H33Cl2N5O3. The van der Waals surface area contributed by atoms with E-state index in [2.05, 4.69) is 26.5 Å². The molecule has 3 aromatic carbocycles. The highest BCUT2D eigenvalue weighted by Gasteiger charge is 2.25. The first kappa shape index (κ1) is 28.4. The van der Waals surface area contributed by atoms with E-state index in [1.54, 1.807) is 42.3 Å². The van der Waals surface area contributed by atoms with Crippen molar-refractivity contribution < 1.29 is 14.3 Å². The summed E-state index contributed by atoms with van der Waals surface area (Å²) in [5, 5.41) is 6.16. The largest absolute Gasteiger partial charge is 0.495 e. The topological polar surface area (TPSA) is 77.2 Å². The number of hydrogen-bond acceptors (Lipinski definition) is 5. The Kier molecular flexibility index (Phi) is 9.43. The number of nitrogens with zero attached hydrogens (tertiary/aromatic N) is 3. The Hall–Kier alpha value is -3.62. The van der Waals surface area contributed by atoms with Crippen molar-refractivity contribution in [3.05, 3.63) is 76.3 Å². The van der Waals surface area contributed by atoms with Gasteiger partial charge in [0, 0.05) is 50.6 Å². The fraction of sp³-hybridized carbons (Fsp3) is 0.310. The van der Waals surface area contributed by atoms with Crippen molar-refractivity contribution in [1.82, 2.24) is 4.90 Å². The van der Waals surface area contributed by atoms with Crippen molar-refractivity contribution in [3.8, 4) is 5.75 Å². The number of amides is 3. The van der Waals surface area contributed by atoms with Gasteiger partial charge >= 0.3 is 6.03 Å². The average molecular weight is 571 g/mol. The zero-order chi connectivity index (χ0) is 27.9. The molecule has 0 spiro atoms. The Morgan fingerprint density at radius 3 is 2.08 bits per heavy atom. The maximum Gasteiger partial charge on any atom is 0.323 e. The van der Waals surface area contributed by atoms with Gasteiger partial charge in [-0.2, -0.15) is 0 Å². The second kappa shape index (κ2) is 13.0. The lowest BCUT2D eigenvalue weighted by atomic mass is 10.1. The SMILES string of the molecule is CCN(CC)C(=O)c1cc(NC(=O)Nc2c(Cl)cccc2Cl)ccc1N1CCN(c2ccccc2OC)CC1. The maximum atomic E-state index is 13.6. The molecule has 1 fully saturated rings. The van der Waals surface area contributed by atoms with E-state index in [4.69, 9.17) is 27.9 Å². The number of halogens is 2. The highest BCUT2D eigenvalue weighted by Crippen LogP contribution is 2.32. The molecule has 3 amide bonds. The van der Waals surface area contributed by atoms with Gasteiger partial charge in [-0.15, -0.1) is 0 Å². The Labute approximate surface area is 239 Å². The number of benzene rings is 3. The first-order valence-corrected chi connectivity index (χ1v) is 13.7. The number of para-hydroxylation sites is 3. The van der Waals surface area contributed by atoms with Crippen LogP contribution in [0.2, 0.25) is 10.0 Å². The summed E-state index contributed by atoms with van der Waals surface area (Å²) in [4.78, 5) is 32.6. The summed E-state index contributed by atoms with van der Waals surface area (Å²) in [5.41, 5.74) is 3.25. The number of ether oxygens (including phenoxy) is 1. The Balaban J connectivity index is 1.55. The normalized spacial score (nSPS) is 13.2. The minimum atomic E-state index is -0.510. The van der Waals surface area contributed by atoms with E-state index in [-0.39, 0.29) is 5.91 Å². The summed E-state index contributed by atoms with van der Waals surface area (Å²) in [6, 6.07) is 17.9. The number of piperazine rings is 1. The summed E-state index contributed by atoms with van der Waals surface area (Å²) in [6.45, 7) is 8.09. The van der Waals surface area contributed by atoms with Gasteiger partial charge in [0.2, 0.25) is 0 Å². The molecule has 8 nitrogen and oxygen atoms in total. The molecule has 2 N–H and O–H groups in total. The van der Waals surface area contributed by atoms with Crippen LogP contribution in [0, 0.1) is 0 Å². The zero-order valence-electron chi connectivity index (χ0n) is 22.3. The summed E-state index contributed by atoms with van der Waals surface area (Å²) in [7, 11) is 1.68. The molecule has 1 heterocycles. The molecular weight excluding hydrogens is 537 g/mol. The van der Waals surface area contributed by atoms with Crippen LogP contribution in [0.5, 0.6) is 5.75 Å². The van der Waals surface area contributed by atoms with Crippen LogP contribution in [0.1, 0.15) is 24.2 Å². The molecule has 0 radical (unpaired) electrons. The fourth-order valence-corrected chi connectivity index (χ4v) is 5.21. The predicted molar refractivity (Wildman–Crippen MR) is 160 cm³/mol. The molecule has 4 rings (SSSR count). The number of rotatable bonds is 8. The molecule has 0 saturated carbocycles. The van der Waals surface area contributed by atoms with Crippen LogP contribution >= 0.6 is 23.2 Å². The van der Waals surface area contributed by atoms with Gasteiger partial charge in [0.25, 0.3) is 5.91 Å². The molecule has 0 atom stereocenters. The summed E-state index contributed by atoms with van der Waals surface area (Å²) in [5.74, 6) is 0.760. The zero-order valence-corrected chi connectivity index (χ0v) is 23.9. The van der Waals surface area contributed by atoms with Crippen LogP contribution in [0.3, 0.4) is 0 Å². The van der Waals surface area contributed by atoms with E-state index in [0.717, 1.165) is 43.3 Å². The molecule has 1 aliphatic rings. The number of anilines is 4. The first-order valence-electron chi connectivity index (χ1n) is 12.9. The quantitative estimate of drug-likeness (QED) is 0.325. The van der Waals surface area contributed by atoms with Gasteiger partial charge in [-0.25, -0.2) is 4.79 Å². The third-order valence-electron chi connectivity index (χ3n) is 6.78. The maximum absolute atomic E-state index is 13.6. The van der Waals surface area contributed by atoms with Gasteiger partial charge in [0.1, 0.15) is 5.75 Å². The third-order valence-corrected chi connectivity index (χ3v) is 7.41. The number of methoxy groups -OCH3 is 1. The highest BCUT2D eigenvalue weighted by molar-refractivity contribution is 6.39. The predicted octanol–water partition coefficient (Wildman–Crippen LogP) is 6.45. The summed E-state index contributed by atoms with van der Waals surface area (Å²) < 4.78 is 5.55. The average Bonchev–Trinajstić information content (AvgIpc) is 2.95. The van der Waals surface area contributed by atoms with Crippen molar-refractivity contribution >= 4 is 57.9 Å². The second-order valence-electron chi connectivity index (χ2n) is 9.03. The highest BCUT2D eigenvalue weighted by atomic mass is 35.5. The first-order chi connectivity index (χ1) is 18.9. The van der Waals surface area contributed by atoms with Gasteiger partial charge in [-0.05, 0) is 56.3 Å². The lowest BCUT2D eigenvalue weighted by Gasteiger charge is -2.38. The Bertz CT molecular complexity index is 1300. The van der Waals surface area contributed by atoms with Gasteiger partial charge in [-0.1, -0.05) is 41.4 Å². The molecule has 0 unspecified atom stereocenters. The van der Waals surface area contributed by atoms with Crippen LogP contribution < -0.4 is 25.2 Å². The molecule has 0 bridgehead atoms. The van der Waals surface area contributed by atoms with E-state index >= 15 is 0 Å². The lowest BCUT2D eigenvalue weighted by molar-refractivity contribution is 0.0773. The van der Waals surface area contributed by atoms with E-state index < -0.39 is 6.03 Å². The van der Waals surface area contributed by atoms with E-state index in [1.165, 1.54) is 0 Å². The monoisotopic (exact) mass is 569 g/mol. The molecule has 39 heavy (non-hydrogen) atoms. The second-order valence-corrected chi connectivity index (χ2v) is 9.85. The fourth-order valence-electron chi connectivity index (χ4n) is 4.71. The van der Waals surface area contributed by atoms with Gasteiger partial charge in [-0.3, -0.25) is 4.79 Å². The summed E-state index contributed by atoms with van der Waals surface area (Å²) in [6.07, 6.45) is 0. The molecule has 0 aromatic heterocycles. The molecule has 10 heteroatoms. The van der Waals surface area contributed by atoms with Gasteiger partial charge < -0.3 is 30.1 Å². The van der Waals surface area contributed by atoms with Crippen LogP contribution in [0.15, 0.2) is 60.7 Å². The van der Waals surface area contributed by atoms with Crippen molar-refractivity contribution in [2.24, 2.45) is 0 Å². The number of nitrogens with one attached hydrogen (secondary N) is 2. The molecule has 1 aliphatic heterocycles. The summed E-state index contributed by atoms with van der Waals surface area (Å²) >= 11 is 12.4. The van der Waals surface area contributed by atoms with Crippen LogP contribution in [0.25, 0.3) is 0 Å². The minimum absolute atomic E-state index is 0.0830. The smallest absolute Gasteiger partial charge is 0.323 e. The van der Waals surface area contributed by atoms with Crippen LogP contribution in [-0.4, -0.2) is 63.2 Å². The van der Waals surface area contributed by atoms with E-state index in [0.29, 0.717) is 40.1 Å². The third kappa shape index (κ3) is 6.52. The van der Waals surface area contributed by atoms with Crippen LogP contribution in [-0.2, 0) is 0 Å². The standard InChI is InChI=1S/C29H33Cl2N5O3/c1-4-34(5-2)28(37)21-19-20(32-29(38)33-27-22(30)9-8-10-23(27)31)13-14-24(21)35-15-17-36(18-16-35)25-11-6-7-12-26(25)39-3/h6-14,19H,4-5,15-18H2,1-3H3,(H2,32,33,38). The van der Waals surface area contributed by atoms with Gasteiger partial charge in [0.15, 0.2) is 0 Å². The van der Waals surface area contributed by atoms with Crippen LogP contribution in [0.4, 0.5) is 27.5 Å².